The number of carbonyl (C=O) groups is 1. The highest BCUT2D eigenvalue weighted by molar-refractivity contribution is 9.10. The van der Waals surface area contributed by atoms with Gasteiger partial charge in [0.25, 0.3) is 5.91 Å². The van der Waals surface area contributed by atoms with Crippen molar-refractivity contribution in [2.75, 3.05) is 36.4 Å². The number of halogens is 1. The normalized spacial score (nSPS) is 16.7. The van der Waals surface area contributed by atoms with E-state index in [0.717, 1.165) is 51.4 Å². The monoisotopic (exact) mass is 465 g/mol. The van der Waals surface area contributed by atoms with E-state index in [2.05, 4.69) is 26.1 Å². The average Bonchev–Trinajstić information content (AvgIpc) is 3.59. The van der Waals surface area contributed by atoms with Gasteiger partial charge in [-0.2, -0.15) is 0 Å². The molecule has 6 nitrogen and oxygen atoms in total. The molecular formula is C23H24BrN5O. The van der Waals surface area contributed by atoms with Crippen molar-refractivity contribution < 1.29 is 4.79 Å². The summed E-state index contributed by atoms with van der Waals surface area (Å²) in [5, 5.41) is 3.55. The molecule has 0 bridgehead atoms. The van der Waals surface area contributed by atoms with Gasteiger partial charge in [0.15, 0.2) is 11.6 Å². The lowest BCUT2D eigenvalue weighted by atomic mass is 10.1. The maximum absolute atomic E-state index is 13.1. The molecule has 1 aliphatic carbocycles. The smallest absolute Gasteiger partial charge is 0.254 e. The molecule has 0 atom stereocenters. The van der Waals surface area contributed by atoms with Crippen molar-refractivity contribution in [2.45, 2.75) is 25.8 Å². The van der Waals surface area contributed by atoms with Crippen molar-refractivity contribution in [1.82, 2.24) is 14.9 Å². The summed E-state index contributed by atoms with van der Waals surface area (Å²) in [5.41, 5.74) is 3.57. The van der Waals surface area contributed by atoms with Crippen molar-refractivity contribution in [3.05, 3.63) is 58.1 Å². The Morgan fingerprint density at radius 1 is 1.03 bits per heavy atom. The first kappa shape index (κ1) is 19.3. The fourth-order valence-corrected chi connectivity index (χ4v) is 4.21. The van der Waals surface area contributed by atoms with E-state index >= 15 is 0 Å². The number of benzene rings is 2. The van der Waals surface area contributed by atoms with E-state index in [1.807, 2.05) is 54.3 Å². The predicted octanol–water partition coefficient (Wildman–Crippen LogP) is 4.24. The molecule has 2 fully saturated rings. The molecular weight excluding hydrogens is 442 g/mol. The molecule has 3 aromatic rings. The lowest BCUT2D eigenvalue weighted by molar-refractivity contribution is 0.0746. The van der Waals surface area contributed by atoms with Gasteiger partial charge in [-0.05, 0) is 49.6 Å². The minimum absolute atomic E-state index is 0.0920. The second-order valence-electron chi connectivity index (χ2n) is 8.04. The molecule has 2 heterocycles. The summed E-state index contributed by atoms with van der Waals surface area (Å²) < 4.78 is 0.928. The van der Waals surface area contributed by atoms with Gasteiger partial charge in [0.2, 0.25) is 0 Å². The summed E-state index contributed by atoms with van der Waals surface area (Å²) >= 11 is 3.48. The highest BCUT2D eigenvalue weighted by Gasteiger charge is 2.28. The summed E-state index contributed by atoms with van der Waals surface area (Å²) in [6.07, 6.45) is 2.37. The zero-order chi connectivity index (χ0) is 20.7. The largest absolute Gasteiger partial charge is 0.364 e. The van der Waals surface area contributed by atoms with Gasteiger partial charge >= 0.3 is 0 Å². The van der Waals surface area contributed by atoms with Gasteiger partial charge < -0.3 is 15.1 Å². The number of carbonyl (C=O) groups excluding carboxylic acids is 1. The fourth-order valence-electron chi connectivity index (χ4n) is 3.85. The number of para-hydroxylation sites is 2. The number of hydrogen-bond acceptors (Lipinski definition) is 5. The maximum Gasteiger partial charge on any atom is 0.254 e. The Balaban J connectivity index is 1.36. The summed E-state index contributed by atoms with van der Waals surface area (Å²) in [5.74, 6) is 1.85. The molecule has 0 spiro atoms. The van der Waals surface area contributed by atoms with Crippen LogP contribution in [0.5, 0.6) is 0 Å². The fraction of sp³-hybridized carbons (Fsp3) is 0.348. The Kier molecular flexibility index (Phi) is 5.06. The zero-order valence-corrected chi connectivity index (χ0v) is 18.5. The molecule has 1 saturated carbocycles. The van der Waals surface area contributed by atoms with Crippen molar-refractivity contribution in [3.63, 3.8) is 0 Å². The second kappa shape index (κ2) is 7.87. The van der Waals surface area contributed by atoms with Gasteiger partial charge in [-0.3, -0.25) is 4.79 Å². The van der Waals surface area contributed by atoms with Crippen molar-refractivity contribution in [2.24, 2.45) is 0 Å². The lowest BCUT2D eigenvalue weighted by Gasteiger charge is -2.36. The molecule has 1 aliphatic heterocycles. The van der Waals surface area contributed by atoms with Crippen LogP contribution in [0.25, 0.3) is 11.0 Å². The van der Waals surface area contributed by atoms with E-state index in [4.69, 9.17) is 9.97 Å². The molecule has 2 aliphatic rings. The minimum atomic E-state index is 0.0920. The molecule has 7 heteroatoms. The number of rotatable bonds is 4. The van der Waals surface area contributed by atoms with Gasteiger partial charge in [0.05, 0.1) is 11.0 Å². The van der Waals surface area contributed by atoms with Crippen LogP contribution in [0.4, 0.5) is 11.6 Å². The Morgan fingerprint density at radius 2 is 1.73 bits per heavy atom. The quantitative estimate of drug-likeness (QED) is 0.624. The molecule has 1 amide bonds. The van der Waals surface area contributed by atoms with Gasteiger partial charge in [-0.1, -0.05) is 34.1 Å². The Morgan fingerprint density at radius 3 is 2.43 bits per heavy atom. The molecule has 0 unspecified atom stereocenters. The SMILES string of the molecule is Cc1ccc(Br)cc1C(=O)N1CCN(c2nc3ccccc3nc2NC2CC2)CC1. The van der Waals surface area contributed by atoms with E-state index in [-0.39, 0.29) is 5.91 Å². The highest BCUT2D eigenvalue weighted by atomic mass is 79.9. The first-order chi connectivity index (χ1) is 14.6. The minimum Gasteiger partial charge on any atom is -0.364 e. The van der Waals surface area contributed by atoms with Crippen LogP contribution >= 0.6 is 15.9 Å². The number of hydrogen-bond donors (Lipinski definition) is 1. The number of nitrogens with zero attached hydrogens (tertiary/aromatic N) is 4. The third-order valence-corrected chi connectivity index (χ3v) is 6.26. The number of amides is 1. The first-order valence-corrected chi connectivity index (χ1v) is 11.2. The van der Waals surface area contributed by atoms with Gasteiger partial charge in [0, 0.05) is 42.3 Å². The molecule has 1 saturated heterocycles. The molecule has 2 aromatic carbocycles. The average molecular weight is 466 g/mol. The van der Waals surface area contributed by atoms with Crippen LogP contribution in [-0.4, -0.2) is 53.0 Å². The Hall–Kier alpha value is -2.67. The van der Waals surface area contributed by atoms with E-state index in [1.165, 1.54) is 12.8 Å². The molecule has 30 heavy (non-hydrogen) atoms. The summed E-state index contributed by atoms with van der Waals surface area (Å²) in [4.78, 5) is 27.0. The number of nitrogens with one attached hydrogen (secondary N) is 1. The standard InChI is InChI=1S/C23H24BrN5O/c1-15-6-7-16(24)14-18(15)23(30)29-12-10-28(11-13-29)22-21(25-17-8-9-17)26-19-4-2-3-5-20(19)27-22/h2-7,14,17H,8-13H2,1H3,(H,25,26). The van der Waals surface area contributed by atoms with E-state index < -0.39 is 0 Å². The first-order valence-electron chi connectivity index (χ1n) is 10.4. The number of aryl methyl sites for hydroxylation is 1. The predicted molar refractivity (Wildman–Crippen MR) is 123 cm³/mol. The van der Waals surface area contributed by atoms with Gasteiger partial charge in [0.1, 0.15) is 0 Å². The number of fused-ring (bicyclic) bond motifs is 1. The van der Waals surface area contributed by atoms with Crippen LogP contribution in [0.15, 0.2) is 46.9 Å². The molecule has 1 N–H and O–H groups in total. The van der Waals surface area contributed by atoms with Crippen LogP contribution < -0.4 is 10.2 Å². The third kappa shape index (κ3) is 3.86. The Labute approximate surface area is 184 Å². The summed E-state index contributed by atoms with van der Waals surface area (Å²) in [7, 11) is 0. The van der Waals surface area contributed by atoms with Crippen LogP contribution in [0, 0.1) is 6.92 Å². The lowest BCUT2D eigenvalue weighted by Crippen LogP contribution is -2.49. The van der Waals surface area contributed by atoms with Crippen molar-refractivity contribution in [3.8, 4) is 0 Å². The van der Waals surface area contributed by atoms with Crippen LogP contribution in [0.2, 0.25) is 0 Å². The zero-order valence-electron chi connectivity index (χ0n) is 16.9. The summed E-state index contributed by atoms with van der Waals surface area (Å²) in [6, 6.07) is 14.4. The van der Waals surface area contributed by atoms with E-state index in [1.54, 1.807) is 0 Å². The topological polar surface area (TPSA) is 61.4 Å². The van der Waals surface area contributed by atoms with E-state index in [0.29, 0.717) is 19.1 Å². The maximum atomic E-state index is 13.1. The van der Waals surface area contributed by atoms with Crippen LogP contribution in [0.3, 0.4) is 0 Å². The molecule has 1 aromatic heterocycles. The Bertz CT molecular complexity index is 1110. The second-order valence-corrected chi connectivity index (χ2v) is 8.96. The van der Waals surface area contributed by atoms with Gasteiger partial charge in [-0.25, -0.2) is 9.97 Å². The molecule has 5 rings (SSSR count). The van der Waals surface area contributed by atoms with Crippen LogP contribution in [0.1, 0.15) is 28.8 Å². The van der Waals surface area contributed by atoms with Crippen LogP contribution in [-0.2, 0) is 0 Å². The number of anilines is 2. The number of aromatic nitrogens is 2. The molecule has 154 valence electrons. The third-order valence-electron chi connectivity index (χ3n) is 5.77. The molecule has 0 radical (unpaired) electrons. The van der Waals surface area contributed by atoms with E-state index in [9.17, 15) is 4.79 Å². The summed E-state index contributed by atoms with van der Waals surface area (Å²) in [6.45, 7) is 4.80. The van der Waals surface area contributed by atoms with Crippen molar-refractivity contribution >= 4 is 44.5 Å². The highest BCUT2D eigenvalue weighted by Crippen LogP contribution is 2.31. The van der Waals surface area contributed by atoms with Gasteiger partial charge in [-0.15, -0.1) is 0 Å². The number of piperazine rings is 1. The van der Waals surface area contributed by atoms with Crippen molar-refractivity contribution in [1.29, 1.82) is 0 Å².